The highest BCUT2D eigenvalue weighted by Crippen LogP contribution is 2.15. The molecule has 2 aromatic rings. The standard InChI is InChI=1S/C14H17BrN2S/c15-12-7-11(9-17-10-12)8-13(16)3-1-4-14-5-2-6-18-14/h2,5-7,9-10,13H,1,3-4,8,16H2. The Bertz CT molecular complexity index is 470. The van der Waals surface area contributed by atoms with E-state index in [2.05, 4.69) is 44.5 Å². The van der Waals surface area contributed by atoms with E-state index in [1.165, 1.54) is 10.4 Å². The van der Waals surface area contributed by atoms with Crippen molar-refractivity contribution in [2.45, 2.75) is 31.7 Å². The van der Waals surface area contributed by atoms with E-state index in [1.807, 2.05) is 17.5 Å². The van der Waals surface area contributed by atoms with Crippen LogP contribution in [0.2, 0.25) is 0 Å². The molecule has 4 heteroatoms. The predicted octanol–water partition coefficient (Wildman–Crippen LogP) is 3.80. The van der Waals surface area contributed by atoms with Gasteiger partial charge in [-0.2, -0.15) is 0 Å². The molecule has 2 rings (SSSR count). The Morgan fingerprint density at radius 1 is 1.39 bits per heavy atom. The van der Waals surface area contributed by atoms with E-state index in [0.29, 0.717) is 0 Å². The second kappa shape index (κ2) is 7.02. The number of nitrogens with zero attached hydrogens (tertiary/aromatic N) is 1. The molecule has 2 aromatic heterocycles. The molecule has 0 bridgehead atoms. The molecule has 0 fully saturated rings. The number of hydrogen-bond acceptors (Lipinski definition) is 3. The molecule has 2 heterocycles. The summed E-state index contributed by atoms with van der Waals surface area (Å²) in [4.78, 5) is 5.61. The fourth-order valence-corrected chi connectivity index (χ4v) is 3.13. The van der Waals surface area contributed by atoms with Gasteiger partial charge in [-0.15, -0.1) is 11.3 Å². The number of aromatic nitrogens is 1. The van der Waals surface area contributed by atoms with Crippen molar-refractivity contribution in [3.8, 4) is 0 Å². The maximum Gasteiger partial charge on any atom is 0.0410 e. The molecule has 0 amide bonds. The minimum absolute atomic E-state index is 0.223. The monoisotopic (exact) mass is 324 g/mol. The van der Waals surface area contributed by atoms with Crippen molar-refractivity contribution in [3.63, 3.8) is 0 Å². The van der Waals surface area contributed by atoms with Crippen molar-refractivity contribution in [3.05, 3.63) is 50.9 Å². The fourth-order valence-electron chi connectivity index (χ4n) is 1.97. The van der Waals surface area contributed by atoms with Crippen molar-refractivity contribution in [1.29, 1.82) is 0 Å². The van der Waals surface area contributed by atoms with Crippen LogP contribution in [0.25, 0.3) is 0 Å². The molecule has 0 aromatic carbocycles. The highest BCUT2D eigenvalue weighted by Gasteiger charge is 2.05. The van der Waals surface area contributed by atoms with Crippen molar-refractivity contribution < 1.29 is 0 Å². The minimum atomic E-state index is 0.223. The van der Waals surface area contributed by atoms with Crippen LogP contribution in [0, 0.1) is 0 Å². The first-order valence-electron chi connectivity index (χ1n) is 6.11. The Morgan fingerprint density at radius 2 is 2.28 bits per heavy atom. The second-order valence-corrected chi connectivity index (χ2v) is 6.40. The Kier molecular flexibility index (Phi) is 5.35. The average molecular weight is 325 g/mol. The van der Waals surface area contributed by atoms with Gasteiger partial charge in [0.05, 0.1) is 0 Å². The summed E-state index contributed by atoms with van der Waals surface area (Å²) in [5.41, 5.74) is 7.36. The van der Waals surface area contributed by atoms with Crippen LogP contribution in [0.1, 0.15) is 23.3 Å². The number of halogens is 1. The van der Waals surface area contributed by atoms with Gasteiger partial charge in [-0.25, -0.2) is 0 Å². The third kappa shape index (κ3) is 4.52. The van der Waals surface area contributed by atoms with Crippen molar-refractivity contribution in [2.75, 3.05) is 0 Å². The summed E-state index contributed by atoms with van der Waals surface area (Å²) in [7, 11) is 0. The molecular weight excluding hydrogens is 308 g/mol. The minimum Gasteiger partial charge on any atom is -0.327 e. The molecule has 96 valence electrons. The van der Waals surface area contributed by atoms with Crippen LogP contribution < -0.4 is 5.73 Å². The average Bonchev–Trinajstić information content (AvgIpc) is 2.82. The largest absolute Gasteiger partial charge is 0.327 e. The number of thiophene rings is 1. The number of pyridine rings is 1. The predicted molar refractivity (Wildman–Crippen MR) is 80.9 cm³/mol. The lowest BCUT2D eigenvalue weighted by Crippen LogP contribution is -2.22. The Balaban J connectivity index is 1.73. The first-order valence-corrected chi connectivity index (χ1v) is 7.78. The van der Waals surface area contributed by atoms with E-state index < -0.39 is 0 Å². The zero-order valence-corrected chi connectivity index (χ0v) is 12.6. The maximum atomic E-state index is 6.16. The molecule has 2 N–H and O–H groups in total. The normalized spacial score (nSPS) is 12.6. The van der Waals surface area contributed by atoms with Crippen LogP contribution in [0.15, 0.2) is 40.4 Å². The zero-order valence-electron chi connectivity index (χ0n) is 10.2. The molecule has 0 saturated heterocycles. The molecule has 0 aliphatic rings. The van der Waals surface area contributed by atoms with Gasteiger partial charge in [0.1, 0.15) is 0 Å². The molecule has 0 aliphatic heterocycles. The summed E-state index contributed by atoms with van der Waals surface area (Å²) < 4.78 is 1.02. The topological polar surface area (TPSA) is 38.9 Å². The Labute approximate surface area is 120 Å². The van der Waals surface area contributed by atoms with Gasteiger partial charge >= 0.3 is 0 Å². The second-order valence-electron chi connectivity index (χ2n) is 4.45. The third-order valence-corrected chi connectivity index (χ3v) is 4.21. The van der Waals surface area contributed by atoms with Gasteiger partial charge in [0, 0.05) is 27.8 Å². The molecule has 18 heavy (non-hydrogen) atoms. The number of aryl methyl sites for hydroxylation is 1. The summed E-state index contributed by atoms with van der Waals surface area (Å²) in [5, 5.41) is 2.13. The summed E-state index contributed by atoms with van der Waals surface area (Å²) >= 11 is 5.25. The summed E-state index contributed by atoms with van der Waals surface area (Å²) in [6.45, 7) is 0. The van der Waals surface area contributed by atoms with Crippen molar-refractivity contribution in [2.24, 2.45) is 5.73 Å². The zero-order chi connectivity index (χ0) is 12.8. The van der Waals surface area contributed by atoms with Crippen molar-refractivity contribution >= 4 is 27.3 Å². The van der Waals surface area contributed by atoms with Gasteiger partial charge < -0.3 is 5.73 Å². The van der Waals surface area contributed by atoms with Crippen LogP contribution >= 0.6 is 27.3 Å². The van der Waals surface area contributed by atoms with Crippen LogP contribution in [0.5, 0.6) is 0 Å². The highest BCUT2D eigenvalue weighted by molar-refractivity contribution is 9.10. The van der Waals surface area contributed by atoms with Gasteiger partial charge in [-0.1, -0.05) is 6.07 Å². The van der Waals surface area contributed by atoms with Gasteiger partial charge in [0.2, 0.25) is 0 Å². The van der Waals surface area contributed by atoms with Crippen molar-refractivity contribution in [1.82, 2.24) is 4.98 Å². The van der Waals surface area contributed by atoms with Crippen LogP contribution in [0.3, 0.4) is 0 Å². The van der Waals surface area contributed by atoms with E-state index in [9.17, 15) is 0 Å². The quantitative estimate of drug-likeness (QED) is 0.877. The van der Waals surface area contributed by atoms with E-state index >= 15 is 0 Å². The molecular formula is C14H17BrN2S. The number of nitrogens with two attached hydrogens (primary N) is 1. The SMILES string of the molecule is NC(CCCc1cccs1)Cc1cncc(Br)c1. The van der Waals surface area contributed by atoms with Gasteiger partial charge in [-0.05, 0) is 64.7 Å². The summed E-state index contributed by atoms with van der Waals surface area (Å²) in [6, 6.07) is 6.61. The number of hydrogen-bond donors (Lipinski definition) is 1. The van der Waals surface area contributed by atoms with Gasteiger partial charge in [-0.3, -0.25) is 4.98 Å². The molecule has 2 nitrogen and oxygen atoms in total. The third-order valence-electron chi connectivity index (χ3n) is 2.84. The maximum absolute atomic E-state index is 6.16. The van der Waals surface area contributed by atoms with Gasteiger partial charge in [0.25, 0.3) is 0 Å². The molecule has 0 saturated carbocycles. The summed E-state index contributed by atoms with van der Waals surface area (Å²) in [5.74, 6) is 0. The lowest BCUT2D eigenvalue weighted by atomic mass is 10.0. The van der Waals surface area contributed by atoms with E-state index in [-0.39, 0.29) is 6.04 Å². The highest BCUT2D eigenvalue weighted by atomic mass is 79.9. The molecule has 1 atom stereocenters. The molecule has 0 radical (unpaired) electrons. The Hall–Kier alpha value is -0.710. The Morgan fingerprint density at radius 3 is 3.00 bits per heavy atom. The van der Waals surface area contributed by atoms with E-state index in [1.54, 1.807) is 6.20 Å². The first-order chi connectivity index (χ1) is 8.74. The van der Waals surface area contributed by atoms with Crippen LogP contribution in [0.4, 0.5) is 0 Å². The molecule has 0 aliphatic carbocycles. The van der Waals surface area contributed by atoms with Gasteiger partial charge in [0.15, 0.2) is 0 Å². The number of rotatable bonds is 6. The molecule has 1 unspecified atom stereocenters. The molecule has 0 spiro atoms. The van der Waals surface area contributed by atoms with E-state index in [4.69, 9.17) is 5.73 Å². The van der Waals surface area contributed by atoms with Crippen LogP contribution in [-0.2, 0) is 12.8 Å². The summed E-state index contributed by atoms with van der Waals surface area (Å²) in [6.07, 6.45) is 7.95. The fraction of sp³-hybridized carbons (Fsp3) is 0.357. The first kappa shape index (κ1) is 13.7. The lowest BCUT2D eigenvalue weighted by Gasteiger charge is -2.11. The van der Waals surface area contributed by atoms with Crippen LogP contribution in [-0.4, -0.2) is 11.0 Å². The smallest absolute Gasteiger partial charge is 0.0410 e. The van der Waals surface area contributed by atoms with E-state index in [0.717, 1.165) is 30.2 Å². The lowest BCUT2D eigenvalue weighted by molar-refractivity contribution is 0.581.